The van der Waals surface area contributed by atoms with Gasteiger partial charge in [-0.1, -0.05) is 50.2 Å². The highest BCUT2D eigenvalue weighted by Gasteiger charge is 2.22. The van der Waals surface area contributed by atoms with Gasteiger partial charge in [0.2, 0.25) is 11.8 Å². The summed E-state index contributed by atoms with van der Waals surface area (Å²) in [5.74, 6) is 0.413. The number of sulfonamides is 1. The second kappa shape index (κ2) is 9.02. The standard InChI is InChI=1S/C21H23N3O4S/c1-15(2)18(14-25)19-13-20(28-16-9-5-3-6-10-16)23-21(22-19)24-29(26,27)17-11-7-4-8-12-17/h3-13,15,18,25H,14H2,1-2H3,(H,22,23,24). The topological polar surface area (TPSA) is 101 Å². The number of hydrogen-bond acceptors (Lipinski definition) is 6. The minimum Gasteiger partial charge on any atom is -0.439 e. The highest BCUT2D eigenvalue weighted by atomic mass is 32.2. The number of benzene rings is 2. The highest BCUT2D eigenvalue weighted by molar-refractivity contribution is 7.92. The molecule has 3 rings (SSSR count). The maximum atomic E-state index is 12.7. The molecule has 0 saturated carbocycles. The molecule has 1 heterocycles. The molecule has 1 aromatic heterocycles. The number of nitrogens with one attached hydrogen (secondary N) is 1. The molecule has 0 saturated heterocycles. The van der Waals surface area contributed by atoms with E-state index in [9.17, 15) is 13.5 Å². The van der Waals surface area contributed by atoms with Crippen LogP contribution in [0.4, 0.5) is 5.95 Å². The van der Waals surface area contributed by atoms with Gasteiger partial charge < -0.3 is 9.84 Å². The molecule has 0 fully saturated rings. The fraction of sp³-hybridized carbons (Fsp3) is 0.238. The summed E-state index contributed by atoms with van der Waals surface area (Å²) < 4.78 is 33.5. The van der Waals surface area contributed by atoms with Crippen molar-refractivity contribution in [3.63, 3.8) is 0 Å². The molecule has 0 spiro atoms. The summed E-state index contributed by atoms with van der Waals surface area (Å²) >= 11 is 0. The number of aliphatic hydroxyl groups is 1. The van der Waals surface area contributed by atoms with E-state index in [1.807, 2.05) is 32.0 Å². The lowest BCUT2D eigenvalue weighted by molar-refractivity contribution is 0.234. The minimum absolute atomic E-state index is 0.0815. The summed E-state index contributed by atoms with van der Waals surface area (Å²) in [7, 11) is -3.87. The van der Waals surface area contributed by atoms with Crippen molar-refractivity contribution in [3.05, 3.63) is 72.4 Å². The largest absolute Gasteiger partial charge is 0.439 e. The van der Waals surface area contributed by atoms with Crippen LogP contribution in [0.15, 0.2) is 71.6 Å². The predicted molar refractivity (Wildman–Crippen MR) is 110 cm³/mol. The number of aliphatic hydroxyl groups excluding tert-OH is 1. The van der Waals surface area contributed by atoms with Crippen LogP contribution in [-0.2, 0) is 10.0 Å². The van der Waals surface area contributed by atoms with Gasteiger partial charge >= 0.3 is 0 Å². The molecule has 7 nitrogen and oxygen atoms in total. The van der Waals surface area contributed by atoms with Crippen molar-refractivity contribution in [2.75, 3.05) is 11.3 Å². The van der Waals surface area contributed by atoms with Crippen LogP contribution >= 0.6 is 0 Å². The molecule has 29 heavy (non-hydrogen) atoms. The van der Waals surface area contributed by atoms with Crippen molar-refractivity contribution >= 4 is 16.0 Å². The van der Waals surface area contributed by atoms with Crippen LogP contribution in [0.25, 0.3) is 0 Å². The quantitative estimate of drug-likeness (QED) is 0.582. The van der Waals surface area contributed by atoms with Gasteiger partial charge in [-0.3, -0.25) is 0 Å². The zero-order valence-electron chi connectivity index (χ0n) is 16.2. The third-order valence-electron chi connectivity index (χ3n) is 4.35. The highest BCUT2D eigenvalue weighted by Crippen LogP contribution is 2.28. The molecule has 0 aliphatic carbocycles. The summed E-state index contributed by atoms with van der Waals surface area (Å²) in [5, 5.41) is 9.79. The van der Waals surface area contributed by atoms with Gasteiger partial charge in [0.05, 0.1) is 17.2 Å². The second-order valence-corrected chi connectivity index (χ2v) is 8.50. The molecular weight excluding hydrogens is 390 g/mol. The Morgan fingerprint density at radius 1 is 1.00 bits per heavy atom. The average molecular weight is 413 g/mol. The summed E-state index contributed by atoms with van der Waals surface area (Å²) in [6.07, 6.45) is 0. The molecule has 152 valence electrons. The van der Waals surface area contributed by atoms with Gasteiger partial charge in [-0.05, 0) is 30.2 Å². The average Bonchev–Trinajstić information content (AvgIpc) is 2.69. The van der Waals surface area contributed by atoms with Crippen LogP contribution in [-0.4, -0.2) is 30.1 Å². The summed E-state index contributed by atoms with van der Waals surface area (Å²) in [5.41, 5.74) is 0.495. The predicted octanol–water partition coefficient (Wildman–Crippen LogP) is 3.80. The van der Waals surface area contributed by atoms with Crippen molar-refractivity contribution < 1.29 is 18.3 Å². The summed E-state index contributed by atoms with van der Waals surface area (Å²) in [4.78, 5) is 8.65. The Kier molecular flexibility index (Phi) is 6.46. The molecular formula is C21H23N3O4S. The van der Waals surface area contributed by atoms with Crippen LogP contribution in [0.5, 0.6) is 11.6 Å². The Bertz CT molecular complexity index is 1040. The van der Waals surface area contributed by atoms with E-state index in [1.165, 1.54) is 12.1 Å². The van der Waals surface area contributed by atoms with E-state index in [4.69, 9.17) is 4.74 Å². The van der Waals surface area contributed by atoms with Crippen molar-refractivity contribution in [1.82, 2.24) is 9.97 Å². The Hall–Kier alpha value is -2.97. The molecule has 1 atom stereocenters. The summed E-state index contributed by atoms with van der Waals surface area (Å²) in [6.45, 7) is 3.77. The number of para-hydroxylation sites is 1. The van der Waals surface area contributed by atoms with Gasteiger partial charge in [0.1, 0.15) is 5.75 Å². The van der Waals surface area contributed by atoms with Gasteiger partial charge in [-0.2, -0.15) is 4.98 Å². The molecule has 1 unspecified atom stereocenters. The first-order valence-electron chi connectivity index (χ1n) is 9.19. The van der Waals surface area contributed by atoms with Gasteiger partial charge in [0.15, 0.2) is 0 Å². The normalized spacial score (nSPS) is 12.6. The number of nitrogens with zero attached hydrogens (tertiary/aromatic N) is 2. The van der Waals surface area contributed by atoms with E-state index in [1.54, 1.807) is 36.4 Å². The van der Waals surface area contributed by atoms with Crippen molar-refractivity contribution in [2.24, 2.45) is 5.92 Å². The molecule has 8 heteroatoms. The van der Waals surface area contributed by atoms with Gasteiger partial charge in [0, 0.05) is 12.0 Å². The molecule has 3 aromatic rings. The number of rotatable bonds is 8. The zero-order chi connectivity index (χ0) is 20.9. The fourth-order valence-corrected chi connectivity index (χ4v) is 3.73. The molecule has 0 aliphatic rings. The number of aromatic nitrogens is 2. The van der Waals surface area contributed by atoms with E-state index in [2.05, 4.69) is 14.7 Å². The number of hydrogen-bond donors (Lipinski definition) is 2. The van der Waals surface area contributed by atoms with E-state index in [0.717, 1.165) is 0 Å². The lowest BCUT2D eigenvalue weighted by Crippen LogP contribution is -2.18. The van der Waals surface area contributed by atoms with E-state index in [0.29, 0.717) is 11.4 Å². The first kappa shape index (κ1) is 20.8. The number of anilines is 1. The maximum Gasteiger partial charge on any atom is 0.264 e. The molecule has 0 aliphatic heterocycles. The van der Waals surface area contributed by atoms with Crippen LogP contribution in [0.3, 0.4) is 0 Å². The zero-order valence-corrected chi connectivity index (χ0v) is 17.0. The Morgan fingerprint density at radius 2 is 1.62 bits per heavy atom. The third kappa shape index (κ3) is 5.30. The molecule has 0 radical (unpaired) electrons. The van der Waals surface area contributed by atoms with Crippen LogP contribution < -0.4 is 9.46 Å². The monoisotopic (exact) mass is 413 g/mol. The van der Waals surface area contributed by atoms with Crippen molar-refractivity contribution in [2.45, 2.75) is 24.7 Å². The molecule has 0 amide bonds. The van der Waals surface area contributed by atoms with E-state index >= 15 is 0 Å². The molecule has 2 aromatic carbocycles. The second-order valence-electron chi connectivity index (χ2n) is 6.82. The SMILES string of the molecule is CC(C)C(CO)c1cc(Oc2ccccc2)nc(NS(=O)(=O)c2ccccc2)n1. The van der Waals surface area contributed by atoms with Crippen LogP contribution in [0, 0.1) is 5.92 Å². The Balaban J connectivity index is 2.00. The van der Waals surface area contributed by atoms with Gasteiger partial charge in [-0.25, -0.2) is 18.1 Å². The first-order valence-corrected chi connectivity index (χ1v) is 10.7. The maximum absolute atomic E-state index is 12.7. The van der Waals surface area contributed by atoms with Crippen molar-refractivity contribution in [3.8, 4) is 11.6 Å². The Labute approximate surface area is 170 Å². The third-order valence-corrected chi connectivity index (χ3v) is 5.69. The lowest BCUT2D eigenvalue weighted by atomic mass is 9.93. The van der Waals surface area contributed by atoms with Crippen LogP contribution in [0.2, 0.25) is 0 Å². The van der Waals surface area contributed by atoms with Crippen molar-refractivity contribution in [1.29, 1.82) is 0 Å². The molecule has 2 N–H and O–H groups in total. The van der Waals surface area contributed by atoms with Crippen LogP contribution in [0.1, 0.15) is 25.5 Å². The summed E-state index contributed by atoms with van der Waals surface area (Å²) in [6, 6.07) is 18.6. The lowest BCUT2D eigenvalue weighted by Gasteiger charge is -2.19. The number of ether oxygens (including phenoxy) is 1. The molecule has 0 bridgehead atoms. The Morgan fingerprint density at radius 3 is 2.21 bits per heavy atom. The minimum atomic E-state index is -3.87. The fourth-order valence-electron chi connectivity index (χ4n) is 2.76. The van der Waals surface area contributed by atoms with E-state index in [-0.39, 0.29) is 35.2 Å². The first-order chi connectivity index (χ1) is 13.9. The smallest absolute Gasteiger partial charge is 0.264 e. The van der Waals surface area contributed by atoms with Gasteiger partial charge in [-0.15, -0.1) is 0 Å². The van der Waals surface area contributed by atoms with Gasteiger partial charge in [0.25, 0.3) is 10.0 Å². The van der Waals surface area contributed by atoms with E-state index < -0.39 is 10.0 Å².